The van der Waals surface area contributed by atoms with Crippen LogP contribution in [0.15, 0.2) is 84.9 Å². The molecule has 4 aromatic rings. The van der Waals surface area contributed by atoms with Crippen molar-refractivity contribution in [2.75, 3.05) is 7.11 Å². The molecular weight excluding hydrogens is 360 g/mol. The molecule has 0 heterocycles. The van der Waals surface area contributed by atoms with Crippen LogP contribution in [-0.4, -0.2) is 13.4 Å². The minimum atomic E-state index is 0.500. The number of rotatable bonds is 4. The van der Waals surface area contributed by atoms with E-state index in [4.69, 9.17) is 9.47 Å². The monoisotopic (exact) mass is 378 g/mol. The molecule has 3 nitrogen and oxygen atoms in total. The molecule has 0 aromatic heterocycles. The zero-order chi connectivity index (χ0) is 20.1. The molecule has 29 heavy (non-hydrogen) atoms. The molecule has 0 spiro atoms. The van der Waals surface area contributed by atoms with Gasteiger partial charge in [0.2, 0.25) is 0 Å². The minimum Gasteiger partial charge on any atom is -0.497 e. The fourth-order valence-corrected chi connectivity index (χ4v) is 3.02. The second-order valence-corrected chi connectivity index (χ2v) is 6.43. The highest BCUT2D eigenvalue weighted by Gasteiger charge is 2.06. The Hall–Kier alpha value is -4.03. The van der Waals surface area contributed by atoms with E-state index in [2.05, 4.69) is 11.8 Å². The summed E-state index contributed by atoms with van der Waals surface area (Å²) >= 11 is 0. The van der Waals surface area contributed by atoms with E-state index >= 15 is 0 Å². The maximum Gasteiger partial charge on any atom is 0.153 e. The van der Waals surface area contributed by atoms with Gasteiger partial charge in [0.1, 0.15) is 17.2 Å². The molecule has 3 heteroatoms. The Bertz CT molecular complexity index is 1250. The van der Waals surface area contributed by atoms with Crippen molar-refractivity contribution in [2.24, 2.45) is 0 Å². The van der Waals surface area contributed by atoms with Gasteiger partial charge in [-0.2, -0.15) is 0 Å². The van der Waals surface area contributed by atoms with Crippen LogP contribution in [0.2, 0.25) is 0 Å². The third kappa shape index (κ3) is 4.12. The van der Waals surface area contributed by atoms with Crippen molar-refractivity contribution >= 4 is 17.1 Å². The van der Waals surface area contributed by atoms with Crippen molar-refractivity contribution in [3.8, 4) is 29.1 Å². The Kier molecular flexibility index (Phi) is 5.27. The molecule has 0 N–H and O–H groups in total. The van der Waals surface area contributed by atoms with Crippen LogP contribution < -0.4 is 9.47 Å². The fourth-order valence-electron chi connectivity index (χ4n) is 3.02. The average molecular weight is 378 g/mol. The summed E-state index contributed by atoms with van der Waals surface area (Å²) in [5, 5.41) is 2.20. The van der Waals surface area contributed by atoms with E-state index in [1.807, 2.05) is 66.7 Å². The first-order valence-electron chi connectivity index (χ1n) is 9.18. The second-order valence-electron chi connectivity index (χ2n) is 6.43. The SMILES string of the molecule is COc1ccc2cc(C#Cc3ccccc3Oc3ccccc3C=O)ccc2c1. The Morgan fingerprint density at radius 1 is 0.759 bits per heavy atom. The molecule has 4 rings (SSSR count). The Balaban J connectivity index is 1.65. The highest BCUT2D eigenvalue weighted by molar-refractivity contribution is 5.85. The van der Waals surface area contributed by atoms with E-state index in [1.54, 1.807) is 25.3 Å². The summed E-state index contributed by atoms with van der Waals surface area (Å²) in [6.45, 7) is 0. The molecule has 0 fully saturated rings. The summed E-state index contributed by atoms with van der Waals surface area (Å²) in [7, 11) is 1.66. The third-order valence-electron chi connectivity index (χ3n) is 4.54. The van der Waals surface area contributed by atoms with Gasteiger partial charge >= 0.3 is 0 Å². The maximum atomic E-state index is 11.2. The lowest BCUT2D eigenvalue weighted by Crippen LogP contribution is -1.92. The summed E-state index contributed by atoms with van der Waals surface area (Å²) in [6.07, 6.45) is 0.785. The number of hydrogen-bond acceptors (Lipinski definition) is 3. The number of hydrogen-bond donors (Lipinski definition) is 0. The number of para-hydroxylation sites is 2. The number of methoxy groups -OCH3 is 1. The van der Waals surface area contributed by atoms with Crippen molar-refractivity contribution in [1.82, 2.24) is 0 Å². The predicted molar refractivity (Wildman–Crippen MR) is 115 cm³/mol. The van der Waals surface area contributed by atoms with Crippen molar-refractivity contribution < 1.29 is 14.3 Å². The van der Waals surface area contributed by atoms with Crippen molar-refractivity contribution in [3.05, 3.63) is 102 Å². The standard InChI is InChI=1S/C26H18O3/c1-28-24-15-14-21-16-19(11-13-22(21)17-24)10-12-20-6-2-4-8-25(20)29-26-9-5-3-7-23(26)18-27/h2-9,11,13-18H,1H3. The van der Waals surface area contributed by atoms with Crippen LogP contribution in [0, 0.1) is 11.8 Å². The van der Waals surface area contributed by atoms with Crippen molar-refractivity contribution in [3.63, 3.8) is 0 Å². The van der Waals surface area contributed by atoms with Gasteiger partial charge in [0, 0.05) is 5.56 Å². The first kappa shape index (κ1) is 18.3. The third-order valence-corrected chi connectivity index (χ3v) is 4.54. The van der Waals surface area contributed by atoms with Gasteiger partial charge in [-0.05, 0) is 59.3 Å². The number of benzene rings is 4. The largest absolute Gasteiger partial charge is 0.497 e. The summed E-state index contributed by atoms with van der Waals surface area (Å²) in [5.41, 5.74) is 2.16. The molecule has 0 amide bonds. The molecule has 0 saturated carbocycles. The van der Waals surface area contributed by atoms with Gasteiger partial charge in [0.15, 0.2) is 6.29 Å². The number of carbonyl (C=O) groups excluding carboxylic acids is 1. The molecule has 0 bridgehead atoms. The fraction of sp³-hybridized carbons (Fsp3) is 0.0385. The number of fused-ring (bicyclic) bond motifs is 1. The van der Waals surface area contributed by atoms with Crippen LogP contribution in [0.3, 0.4) is 0 Å². The zero-order valence-electron chi connectivity index (χ0n) is 15.9. The van der Waals surface area contributed by atoms with Gasteiger partial charge < -0.3 is 9.47 Å². The highest BCUT2D eigenvalue weighted by Crippen LogP contribution is 2.27. The minimum absolute atomic E-state index is 0.500. The number of aldehydes is 1. The van der Waals surface area contributed by atoms with Crippen molar-refractivity contribution in [2.45, 2.75) is 0 Å². The summed E-state index contributed by atoms with van der Waals surface area (Å²) in [6, 6.07) is 26.7. The van der Waals surface area contributed by atoms with Crippen molar-refractivity contribution in [1.29, 1.82) is 0 Å². The first-order chi connectivity index (χ1) is 14.3. The van der Waals surface area contributed by atoms with Gasteiger partial charge in [-0.25, -0.2) is 0 Å². The van der Waals surface area contributed by atoms with Crippen LogP contribution in [0.25, 0.3) is 10.8 Å². The van der Waals surface area contributed by atoms with Gasteiger partial charge in [0.25, 0.3) is 0 Å². The van der Waals surface area contributed by atoms with Crippen LogP contribution in [0.1, 0.15) is 21.5 Å². The molecule has 0 saturated heterocycles. The predicted octanol–water partition coefficient (Wildman–Crippen LogP) is 5.85. The molecule has 140 valence electrons. The molecule has 0 radical (unpaired) electrons. The number of ether oxygens (including phenoxy) is 2. The molecule has 0 aliphatic carbocycles. The zero-order valence-corrected chi connectivity index (χ0v) is 15.9. The van der Waals surface area contributed by atoms with Gasteiger partial charge in [-0.3, -0.25) is 4.79 Å². The van der Waals surface area contributed by atoms with E-state index in [0.717, 1.165) is 33.9 Å². The Morgan fingerprint density at radius 3 is 2.31 bits per heavy atom. The quantitative estimate of drug-likeness (QED) is 0.330. The topological polar surface area (TPSA) is 35.5 Å². The van der Waals surface area contributed by atoms with E-state index in [-0.39, 0.29) is 0 Å². The number of carbonyl (C=O) groups is 1. The molecule has 0 aliphatic rings. The van der Waals surface area contributed by atoms with Crippen LogP contribution in [-0.2, 0) is 0 Å². The Morgan fingerprint density at radius 2 is 1.48 bits per heavy atom. The van der Waals surface area contributed by atoms with Gasteiger partial charge in [-0.15, -0.1) is 0 Å². The Labute approximate surface area is 169 Å². The molecule has 0 unspecified atom stereocenters. The van der Waals surface area contributed by atoms with Crippen LogP contribution in [0.4, 0.5) is 0 Å². The lowest BCUT2D eigenvalue weighted by Gasteiger charge is -2.09. The van der Waals surface area contributed by atoms with Gasteiger partial charge in [-0.1, -0.05) is 48.2 Å². The van der Waals surface area contributed by atoms with Gasteiger partial charge in [0.05, 0.1) is 18.2 Å². The lowest BCUT2D eigenvalue weighted by molar-refractivity contribution is 0.112. The summed E-state index contributed by atoms with van der Waals surface area (Å²) in [4.78, 5) is 11.2. The summed E-state index contributed by atoms with van der Waals surface area (Å²) < 4.78 is 11.2. The first-order valence-corrected chi connectivity index (χ1v) is 9.18. The average Bonchev–Trinajstić information content (AvgIpc) is 2.78. The molecule has 0 atom stereocenters. The summed E-state index contributed by atoms with van der Waals surface area (Å²) in [5.74, 6) is 8.35. The smallest absolute Gasteiger partial charge is 0.153 e. The second kappa shape index (κ2) is 8.33. The van der Waals surface area contributed by atoms with E-state index in [0.29, 0.717) is 17.1 Å². The van der Waals surface area contributed by atoms with E-state index in [9.17, 15) is 4.79 Å². The van der Waals surface area contributed by atoms with Crippen LogP contribution >= 0.6 is 0 Å². The van der Waals surface area contributed by atoms with E-state index in [1.165, 1.54) is 0 Å². The maximum absolute atomic E-state index is 11.2. The molecular formula is C26H18O3. The lowest BCUT2D eigenvalue weighted by atomic mass is 10.1. The van der Waals surface area contributed by atoms with Crippen LogP contribution in [0.5, 0.6) is 17.2 Å². The highest BCUT2D eigenvalue weighted by atomic mass is 16.5. The normalized spacial score (nSPS) is 10.1. The molecule has 0 aliphatic heterocycles. The van der Waals surface area contributed by atoms with E-state index < -0.39 is 0 Å². The molecule has 4 aromatic carbocycles.